The number of hydrogen-bond acceptors (Lipinski definition) is 2. The number of carbonyl (C=O) groups excluding carboxylic acids is 1. The third kappa shape index (κ3) is 12.9. The SMILES string of the molecule is CCCCC/C=C\CC/C=C/COC(C)=O. The van der Waals surface area contributed by atoms with Gasteiger partial charge in [0.1, 0.15) is 6.61 Å². The van der Waals surface area contributed by atoms with Gasteiger partial charge in [-0.2, -0.15) is 0 Å². The third-order valence-electron chi connectivity index (χ3n) is 2.19. The monoisotopic (exact) mass is 224 g/mol. The van der Waals surface area contributed by atoms with Gasteiger partial charge < -0.3 is 4.74 Å². The highest BCUT2D eigenvalue weighted by atomic mass is 16.5. The molecule has 0 unspecified atom stereocenters. The van der Waals surface area contributed by atoms with E-state index in [1.54, 1.807) is 0 Å². The molecule has 0 rings (SSSR count). The van der Waals surface area contributed by atoms with Crippen molar-refractivity contribution in [3.8, 4) is 0 Å². The molecule has 92 valence electrons. The van der Waals surface area contributed by atoms with Gasteiger partial charge in [0.2, 0.25) is 0 Å². The van der Waals surface area contributed by atoms with Crippen molar-refractivity contribution < 1.29 is 9.53 Å². The maximum absolute atomic E-state index is 10.4. The van der Waals surface area contributed by atoms with E-state index in [-0.39, 0.29) is 5.97 Å². The van der Waals surface area contributed by atoms with Crippen molar-refractivity contribution in [3.63, 3.8) is 0 Å². The second kappa shape index (κ2) is 12.0. The standard InChI is InChI=1S/C14H24O2/c1-3-4-5-6-7-8-9-10-11-12-13-16-14(2)15/h7-8,11-12H,3-6,9-10,13H2,1-2H3/b8-7-,12-11+. The molecule has 0 aromatic carbocycles. The van der Waals surface area contributed by atoms with Crippen LogP contribution in [0.25, 0.3) is 0 Å². The summed E-state index contributed by atoms with van der Waals surface area (Å²) in [6.45, 7) is 4.04. The predicted octanol–water partition coefficient (Wildman–Crippen LogP) is 4.02. The van der Waals surface area contributed by atoms with Crippen molar-refractivity contribution in [1.29, 1.82) is 0 Å². The highest BCUT2D eigenvalue weighted by Gasteiger charge is 1.86. The quantitative estimate of drug-likeness (QED) is 0.336. The molecule has 0 fully saturated rings. The van der Waals surface area contributed by atoms with Crippen LogP contribution in [-0.4, -0.2) is 12.6 Å². The first kappa shape index (κ1) is 14.9. The summed E-state index contributed by atoms with van der Waals surface area (Å²) in [4.78, 5) is 10.4. The van der Waals surface area contributed by atoms with Gasteiger partial charge in [0.05, 0.1) is 0 Å². The van der Waals surface area contributed by atoms with Gasteiger partial charge in [0.25, 0.3) is 0 Å². The molecule has 0 bridgehead atoms. The fourth-order valence-electron chi connectivity index (χ4n) is 1.29. The average Bonchev–Trinajstić information content (AvgIpc) is 2.25. The minimum absolute atomic E-state index is 0.222. The van der Waals surface area contributed by atoms with Gasteiger partial charge in [0, 0.05) is 6.92 Å². The molecule has 0 heterocycles. The Morgan fingerprint density at radius 1 is 1.00 bits per heavy atom. The van der Waals surface area contributed by atoms with E-state index in [1.165, 1.54) is 32.6 Å². The Morgan fingerprint density at radius 2 is 1.62 bits per heavy atom. The van der Waals surface area contributed by atoms with Crippen molar-refractivity contribution >= 4 is 5.97 Å². The van der Waals surface area contributed by atoms with E-state index in [2.05, 4.69) is 25.2 Å². The zero-order valence-electron chi connectivity index (χ0n) is 10.6. The Kier molecular flexibility index (Phi) is 11.2. The number of allylic oxidation sites excluding steroid dienone is 3. The molecule has 0 spiro atoms. The van der Waals surface area contributed by atoms with E-state index in [0.29, 0.717) is 6.61 Å². The maximum Gasteiger partial charge on any atom is 0.302 e. The van der Waals surface area contributed by atoms with Crippen molar-refractivity contribution in [3.05, 3.63) is 24.3 Å². The minimum atomic E-state index is -0.222. The van der Waals surface area contributed by atoms with Gasteiger partial charge in [-0.3, -0.25) is 4.79 Å². The van der Waals surface area contributed by atoms with Gasteiger partial charge >= 0.3 is 5.97 Å². The van der Waals surface area contributed by atoms with E-state index in [9.17, 15) is 4.79 Å². The number of rotatable bonds is 9. The summed E-state index contributed by atoms with van der Waals surface area (Å²) in [5.41, 5.74) is 0. The largest absolute Gasteiger partial charge is 0.462 e. The van der Waals surface area contributed by atoms with Crippen LogP contribution in [0.15, 0.2) is 24.3 Å². The summed E-state index contributed by atoms with van der Waals surface area (Å²) in [6.07, 6.45) is 15.6. The zero-order valence-corrected chi connectivity index (χ0v) is 10.6. The lowest BCUT2D eigenvalue weighted by molar-refractivity contribution is -0.139. The Hall–Kier alpha value is -1.05. The van der Waals surface area contributed by atoms with Gasteiger partial charge in [0.15, 0.2) is 0 Å². The van der Waals surface area contributed by atoms with E-state index in [4.69, 9.17) is 4.74 Å². The lowest BCUT2D eigenvalue weighted by Gasteiger charge is -1.94. The third-order valence-corrected chi connectivity index (χ3v) is 2.19. The number of esters is 1. The second-order valence-corrected chi connectivity index (χ2v) is 3.82. The lowest BCUT2D eigenvalue weighted by atomic mass is 10.2. The number of unbranched alkanes of at least 4 members (excludes halogenated alkanes) is 4. The molecule has 0 aliphatic heterocycles. The Bertz CT molecular complexity index is 217. The number of carbonyl (C=O) groups is 1. The van der Waals surface area contributed by atoms with Crippen LogP contribution in [0.3, 0.4) is 0 Å². The summed E-state index contributed by atoms with van der Waals surface area (Å²) in [6, 6.07) is 0. The predicted molar refractivity (Wildman–Crippen MR) is 68.3 cm³/mol. The van der Waals surface area contributed by atoms with Crippen molar-refractivity contribution in [2.45, 2.75) is 52.4 Å². The summed E-state index contributed by atoms with van der Waals surface area (Å²) in [5, 5.41) is 0. The maximum atomic E-state index is 10.4. The molecule has 0 radical (unpaired) electrons. The van der Waals surface area contributed by atoms with Gasteiger partial charge in [-0.15, -0.1) is 0 Å². The van der Waals surface area contributed by atoms with E-state index < -0.39 is 0 Å². The van der Waals surface area contributed by atoms with Crippen LogP contribution < -0.4 is 0 Å². The molecule has 2 heteroatoms. The Balaban J connectivity index is 3.22. The normalized spacial score (nSPS) is 11.4. The summed E-state index contributed by atoms with van der Waals surface area (Å²) in [7, 11) is 0. The lowest BCUT2D eigenvalue weighted by Crippen LogP contribution is -1.97. The second-order valence-electron chi connectivity index (χ2n) is 3.82. The van der Waals surface area contributed by atoms with Crippen LogP contribution in [-0.2, 0) is 9.53 Å². The summed E-state index contributed by atoms with van der Waals surface area (Å²) < 4.78 is 4.77. The molecule has 2 nitrogen and oxygen atoms in total. The highest BCUT2D eigenvalue weighted by Crippen LogP contribution is 2.01. The molecular formula is C14H24O2. The molecule has 0 aliphatic rings. The highest BCUT2D eigenvalue weighted by molar-refractivity contribution is 5.65. The van der Waals surface area contributed by atoms with E-state index in [0.717, 1.165) is 12.8 Å². The molecule has 0 aromatic heterocycles. The molecule has 0 N–H and O–H groups in total. The first-order valence-electron chi connectivity index (χ1n) is 6.20. The molecule has 0 aromatic rings. The summed E-state index contributed by atoms with van der Waals surface area (Å²) >= 11 is 0. The molecule has 0 amide bonds. The van der Waals surface area contributed by atoms with Crippen LogP contribution in [0.5, 0.6) is 0 Å². The fraction of sp³-hybridized carbons (Fsp3) is 0.643. The first-order chi connectivity index (χ1) is 7.77. The van der Waals surface area contributed by atoms with Gasteiger partial charge in [-0.1, -0.05) is 44.1 Å². The van der Waals surface area contributed by atoms with Crippen LogP contribution in [0.4, 0.5) is 0 Å². The Morgan fingerprint density at radius 3 is 2.25 bits per heavy atom. The fourth-order valence-corrected chi connectivity index (χ4v) is 1.29. The number of ether oxygens (including phenoxy) is 1. The van der Waals surface area contributed by atoms with Crippen molar-refractivity contribution in [1.82, 2.24) is 0 Å². The van der Waals surface area contributed by atoms with Gasteiger partial charge in [-0.25, -0.2) is 0 Å². The molecular weight excluding hydrogens is 200 g/mol. The first-order valence-corrected chi connectivity index (χ1v) is 6.20. The van der Waals surface area contributed by atoms with Crippen LogP contribution in [0, 0.1) is 0 Å². The molecule has 16 heavy (non-hydrogen) atoms. The van der Waals surface area contributed by atoms with Crippen LogP contribution >= 0.6 is 0 Å². The summed E-state index contributed by atoms with van der Waals surface area (Å²) in [5.74, 6) is -0.222. The zero-order chi connectivity index (χ0) is 12.1. The van der Waals surface area contributed by atoms with E-state index in [1.807, 2.05) is 6.08 Å². The van der Waals surface area contributed by atoms with Crippen LogP contribution in [0.1, 0.15) is 52.4 Å². The minimum Gasteiger partial charge on any atom is -0.462 e. The molecule has 0 atom stereocenters. The molecule has 0 saturated heterocycles. The van der Waals surface area contributed by atoms with Crippen molar-refractivity contribution in [2.75, 3.05) is 6.61 Å². The Labute approximate surface area is 99.4 Å². The molecule has 0 aliphatic carbocycles. The van der Waals surface area contributed by atoms with Crippen molar-refractivity contribution in [2.24, 2.45) is 0 Å². The average molecular weight is 224 g/mol. The smallest absolute Gasteiger partial charge is 0.302 e. The van der Waals surface area contributed by atoms with E-state index >= 15 is 0 Å². The molecule has 0 saturated carbocycles. The van der Waals surface area contributed by atoms with Crippen LogP contribution in [0.2, 0.25) is 0 Å². The topological polar surface area (TPSA) is 26.3 Å². The van der Waals surface area contributed by atoms with Gasteiger partial charge in [-0.05, 0) is 25.7 Å². The number of hydrogen-bond donors (Lipinski definition) is 0.